The summed E-state index contributed by atoms with van der Waals surface area (Å²) in [5, 5.41) is 5.98. The molecule has 0 radical (unpaired) electrons. The topological polar surface area (TPSA) is 57.3 Å². The normalized spacial score (nSPS) is 21.6. The molecule has 1 saturated carbocycles. The van der Waals surface area contributed by atoms with Crippen molar-refractivity contribution in [3.8, 4) is 0 Å². The molecule has 126 valence electrons. The van der Waals surface area contributed by atoms with Gasteiger partial charge in [-0.2, -0.15) is 0 Å². The molecule has 2 aromatic heterocycles. The number of ether oxygens (including phenoxy) is 1. The second kappa shape index (κ2) is 5.90. The van der Waals surface area contributed by atoms with Gasteiger partial charge in [0.05, 0.1) is 16.6 Å². The van der Waals surface area contributed by atoms with Crippen LogP contribution in [0.4, 0.5) is 0 Å². The van der Waals surface area contributed by atoms with Gasteiger partial charge in [-0.25, -0.2) is 0 Å². The van der Waals surface area contributed by atoms with E-state index in [2.05, 4.69) is 5.16 Å². The van der Waals surface area contributed by atoms with Gasteiger partial charge >= 0.3 is 0 Å². The summed E-state index contributed by atoms with van der Waals surface area (Å²) in [6.45, 7) is 1.77. The van der Waals surface area contributed by atoms with Gasteiger partial charge in [0.2, 0.25) is 0 Å². The Morgan fingerprint density at radius 2 is 2.17 bits per heavy atom. The van der Waals surface area contributed by atoms with E-state index in [0.717, 1.165) is 36.6 Å². The highest BCUT2D eigenvalue weighted by Crippen LogP contribution is 2.35. The van der Waals surface area contributed by atoms with Gasteiger partial charge in [-0.3, -0.25) is 4.79 Å². The fraction of sp³-hybridized carbons (Fsp3) is 0.444. The van der Waals surface area contributed by atoms with Crippen LogP contribution in [-0.2, 0) is 4.74 Å². The number of pyridine rings is 1. The molecule has 1 aliphatic rings. The predicted molar refractivity (Wildman–Crippen MR) is 93.8 cm³/mol. The lowest BCUT2D eigenvalue weighted by atomic mass is 9.92. The maximum absolute atomic E-state index is 13.2. The SMILES string of the molecule is CO[C@@H]1CCC[C@H](n2c(=O)c3c(C)onc3c3c(Cl)cccc32)C1. The monoisotopic (exact) mass is 346 g/mol. The summed E-state index contributed by atoms with van der Waals surface area (Å²) in [5.41, 5.74) is 1.31. The van der Waals surface area contributed by atoms with Crippen molar-refractivity contribution in [2.24, 2.45) is 0 Å². The van der Waals surface area contributed by atoms with Gasteiger partial charge in [-0.05, 0) is 44.7 Å². The molecule has 0 spiro atoms. The van der Waals surface area contributed by atoms with Crippen LogP contribution < -0.4 is 5.56 Å². The van der Waals surface area contributed by atoms with Crippen molar-refractivity contribution in [2.75, 3.05) is 7.11 Å². The molecule has 0 N–H and O–H groups in total. The summed E-state index contributed by atoms with van der Waals surface area (Å²) in [6, 6.07) is 5.72. The highest BCUT2D eigenvalue weighted by atomic mass is 35.5. The van der Waals surface area contributed by atoms with Gasteiger partial charge in [-0.15, -0.1) is 0 Å². The fourth-order valence-corrected chi connectivity index (χ4v) is 4.16. The second-order valence-corrected chi connectivity index (χ2v) is 6.86. The maximum atomic E-state index is 13.2. The number of aromatic nitrogens is 2. The first-order valence-electron chi connectivity index (χ1n) is 8.23. The zero-order valence-electron chi connectivity index (χ0n) is 13.7. The number of nitrogens with zero attached hydrogens (tertiary/aromatic N) is 2. The third-order valence-corrected chi connectivity index (χ3v) is 5.40. The Kier molecular flexibility index (Phi) is 3.85. The van der Waals surface area contributed by atoms with Crippen molar-refractivity contribution in [1.82, 2.24) is 9.72 Å². The number of hydrogen-bond acceptors (Lipinski definition) is 4. The molecule has 0 bridgehead atoms. The van der Waals surface area contributed by atoms with Gasteiger partial charge in [0.15, 0.2) is 0 Å². The summed E-state index contributed by atoms with van der Waals surface area (Å²) in [5.74, 6) is 0.532. The molecule has 0 saturated heterocycles. The van der Waals surface area contributed by atoms with Gasteiger partial charge < -0.3 is 13.8 Å². The van der Waals surface area contributed by atoms with Crippen LogP contribution in [0.5, 0.6) is 0 Å². The number of halogens is 1. The Morgan fingerprint density at radius 1 is 1.33 bits per heavy atom. The molecule has 0 unspecified atom stereocenters. The van der Waals surface area contributed by atoms with Crippen LogP contribution in [0.2, 0.25) is 5.02 Å². The first-order chi connectivity index (χ1) is 11.6. The Hall–Kier alpha value is -1.85. The maximum Gasteiger partial charge on any atom is 0.264 e. The fourth-order valence-electron chi connectivity index (χ4n) is 3.90. The number of methoxy groups -OCH3 is 1. The van der Waals surface area contributed by atoms with E-state index in [4.69, 9.17) is 20.9 Å². The Labute approximate surface area is 144 Å². The lowest BCUT2D eigenvalue weighted by Crippen LogP contribution is -2.31. The number of aryl methyl sites for hydroxylation is 1. The lowest BCUT2D eigenvalue weighted by molar-refractivity contribution is 0.0533. The van der Waals surface area contributed by atoms with Gasteiger partial charge in [0.1, 0.15) is 16.7 Å². The van der Waals surface area contributed by atoms with E-state index < -0.39 is 0 Å². The van der Waals surface area contributed by atoms with E-state index in [9.17, 15) is 4.79 Å². The second-order valence-electron chi connectivity index (χ2n) is 6.45. The molecule has 0 amide bonds. The Balaban J connectivity index is 2.06. The third kappa shape index (κ3) is 2.26. The highest BCUT2D eigenvalue weighted by Gasteiger charge is 2.27. The summed E-state index contributed by atoms with van der Waals surface area (Å²) in [6.07, 6.45) is 4.04. The van der Waals surface area contributed by atoms with E-state index in [1.54, 1.807) is 14.0 Å². The number of hydrogen-bond donors (Lipinski definition) is 0. The van der Waals surface area contributed by atoms with E-state index in [-0.39, 0.29) is 17.7 Å². The molecule has 6 heteroatoms. The van der Waals surface area contributed by atoms with Crippen molar-refractivity contribution in [3.63, 3.8) is 0 Å². The minimum Gasteiger partial charge on any atom is -0.381 e. The van der Waals surface area contributed by atoms with Crippen LogP contribution in [0.25, 0.3) is 21.8 Å². The molecule has 2 atom stereocenters. The molecule has 4 rings (SSSR count). The van der Waals surface area contributed by atoms with Crippen LogP contribution >= 0.6 is 11.6 Å². The molecular weight excluding hydrogens is 328 g/mol. The molecule has 1 fully saturated rings. The number of benzene rings is 1. The van der Waals surface area contributed by atoms with E-state index in [1.165, 1.54) is 0 Å². The van der Waals surface area contributed by atoms with Crippen molar-refractivity contribution < 1.29 is 9.26 Å². The summed E-state index contributed by atoms with van der Waals surface area (Å²) < 4.78 is 12.7. The standard InChI is InChI=1S/C18H19ClN2O3/c1-10-15-17(20-24-10)16-13(19)7-4-8-14(16)21(18(15)22)11-5-3-6-12(9-11)23-2/h4,7-8,11-12H,3,5-6,9H2,1-2H3/t11-,12+/m0/s1. The number of rotatable bonds is 2. The Morgan fingerprint density at radius 3 is 2.96 bits per heavy atom. The van der Waals surface area contributed by atoms with Gasteiger partial charge in [0.25, 0.3) is 5.56 Å². The predicted octanol–water partition coefficient (Wildman–Crippen LogP) is 4.23. The minimum absolute atomic E-state index is 0.0553. The first-order valence-corrected chi connectivity index (χ1v) is 8.61. The van der Waals surface area contributed by atoms with Crippen LogP contribution in [0.15, 0.2) is 27.5 Å². The van der Waals surface area contributed by atoms with Crippen molar-refractivity contribution >= 4 is 33.4 Å². The quantitative estimate of drug-likeness (QED) is 0.696. The third-order valence-electron chi connectivity index (χ3n) is 5.08. The molecule has 5 nitrogen and oxygen atoms in total. The van der Waals surface area contributed by atoms with Crippen LogP contribution in [-0.4, -0.2) is 22.9 Å². The van der Waals surface area contributed by atoms with Gasteiger partial charge in [0, 0.05) is 18.5 Å². The van der Waals surface area contributed by atoms with E-state index >= 15 is 0 Å². The largest absolute Gasteiger partial charge is 0.381 e. The molecule has 1 aliphatic carbocycles. The van der Waals surface area contributed by atoms with Crippen molar-refractivity contribution in [1.29, 1.82) is 0 Å². The number of fused-ring (bicyclic) bond motifs is 3. The average molecular weight is 347 g/mol. The smallest absolute Gasteiger partial charge is 0.264 e. The first kappa shape index (κ1) is 15.7. The van der Waals surface area contributed by atoms with Crippen LogP contribution in [0.1, 0.15) is 37.5 Å². The van der Waals surface area contributed by atoms with E-state index in [1.807, 2.05) is 22.8 Å². The minimum atomic E-state index is -0.0553. The molecule has 2 heterocycles. The highest BCUT2D eigenvalue weighted by molar-refractivity contribution is 6.37. The molecule has 1 aromatic carbocycles. The van der Waals surface area contributed by atoms with Crippen molar-refractivity contribution in [2.45, 2.75) is 44.8 Å². The van der Waals surface area contributed by atoms with Crippen LogP contribution in [0.3, 0.4) is 0 Å². The molecule has 3 aromatic rings. The summed E-state index contributed by atoms with van der Waals surface area (Å²) in [7, 11) is 1.73. The molecular formula is C18H19ClN2O3. The zero-order chi connectivity index (χ0) is 16.8. The van der Waals surface area contributed by atoms with Crippen LogP contribution in [0, 0.1) is 6.92 Å². The van der Waals surface area contributed by atoms with Crippen molar-refractivity contribution in [3.05, 3.63) is 39.3 Å². The van der Waals surface area contributed by atoms with E-state index in [0.29, 0.717) is 21.7 Å². The lowest BCUT2D eigenvalue weighted by Gasteiger charge is -2.30. The molecule has 24 heavy (non-hydrogen) atoms. The zero-order valence-corrected chi connectivity index (χ0v) is 14.5. The Bertz CT molecular complexity index is 976. The molecule has 0 aliphatic heterocycles. The van der Waals surface area contributed by atoms with Gasteiger partial charge in [-0.1, -0.05) is 22.8 Å². The summed E-state index contributed by atoms with van der Waals surface area (Å²) in [4.78, 5) is 13.2. The average Bonchev–Trinajstić information content (AvgIpc) is 2.97. The summed E-state index contributed by atoms with van der Waals surface area (Å²) >= 11 is 6.44.